The van der Waals surface area contributed by atoms with E-state index in [-0.39, 0.29) is 12.2 Å². The summed E-state index contributed by atoms with van der Waals surface area (Å²) < 4.78 is 41.6. The predicted octanol–water partition coefficient (Wildman–Crippen LogP) is 1.96. The quantitative estimate of drug-likeness (QED) is 0.842. The van der Waals surface area contributed by atoms with Crippen LogP contribution in [0.2, 0.25) is 0 Å². The van der Waals surface area contributed by atoms with E-state index in [2.05, 4.69) is 5.32 Å². The van der Waals surface area contributed by atoms with Gasteiger partial charge in [-0.05, 0) is 31.5 Å². The summed E-state index contributed by atoms with van der Waals surface area (Å²) >= 11 is 0. The molecule has 2 N–H and O–H groups in total. The maximum atomic E-state index is 12.3. The van der Waals surface area contributed by atoms with Crippen molar-refractivity contribution in [2.45, 2.75) is 31.0 Å². The molecule has 1 atom stereocenters. The van der Waals surface area contributed by atoms with Gasteiger partial charge in [0, 0.05) is 13.0 Å². The monoisotopic (exact) mass is 249 g/mol. The Hall–Kier alpha value is -1.01. The van der Waals surface area contributed by atoms with E-state index in [1.807, 2.05) is 0 Å². The average Bonchev–Trinajstić information content (AvgIpc) is 2.66. The van der Waals surface area contributed by atoms with Gasteiger partial charge < -0.3 is 14.8 Å². The Kier molecular flexibility index (Phi) is 3.18. The molecule has 0 bridgehead atoms. The minimum Gasteiger partial charge on any atom is -0.456 e. The van der Waals surface area contributed by atoms with Gasteiger partial charge in [-0.15, -0.1) is 0 Å². The van der Waals surface area contributed by atoms with Crippen LogP contribution in [0.4, 0.5) is 13.2 Å². The van der Waals surface area contributed by atoms with Crippen molar-refractivity contribution in [3.63, 3.8) is 0 Å². The fourth-order valence-electron chi connectivity index (χ4n) is 2.05. The fourth-order valence-corrected chi connectivity index (χ4v) is 2.05. The molecule has 0 radical (unpaired) electrons. The minimum atomic E-state index is -4.47. The van der Waals surface area contributed by atoms with Crippen molar-refractivity contribution < 1.29 is 22.7 Å². The van der Waals surface area contributed by atoms with Gasteiger partial charge in [-0.2, -0.15) is 13.2 Å². The Morgan fingerprint density at radius 3 is 2.71 bits per heavy atom. The molecule has 2 heterocycles. The first kappa shape index (κ1) is 12.4. The summed E-state index contributed by atoms with van der Waals surface area (Å²) in [5, 5.41) is 13.2. The van der Waals surface area contributed by atoms with Crippen molar-refractivity contribution >= 4 is 0 Å². The van der Waals surface area contributed by atoms with E-state index >= 15 is 0 Å². The molecule has 0 aliphatic carbocycles. The number of hydrogen-bond acceptors (Lipinski definition) is 3. The second-order valence-electron chi connectivity index (χ2n) is 4.45. The van der Waals surface area contributed by atoms with Gasteiger partial charge in [0.25, 0.3) is 0 Å². The number of furan rings is 1. The van der Waals surface area contributed by atoms with Crippen LogP contribution in [0.5, 0.6) is 0 Å². The molecule has 3 nitrogen and oxygen atoms in total. The average molecular weight is 249 g/mol. The van der Waals surface area contributed by atoms with Crippen molar-refractivity contribution in [3.8, 4) is 0 Å². The van der Waals surface area contributed by atoms with E-state index in [1.54, 1.807) is 0 Å². The molecular formula is C11H14F3NO2. The van der Waals surface area contributed by atoms with E-state index in [4.69, 9.17) is 4.42 Å². The number of piperidine rings is 1. The first-order valence-electron chi connectivity index (χ1n) is 5.48. The van der Waals surface area contributed by atoms with E-state index < -0.39 is 17.5 Å². The van der Waals surface area contributed by atoms with Crippen LogP contribution in [-0.2, 0) is 12.6 Å². The topological polar surface area (TPSA) is 45.4 Å². The number of β-amino-alcohol motifs (C(OH)–C–C–N with tert-alkyl or cyclic N) is 1. The zero-order chi connectivity index (χ0) is 12.5. The third-order valence-corrected chi connectivity index (χ3v) is 2.89. The van der Waals surface area contributed by atoms with Gasteiger partial charge >= 0.3 is 6.18 Å². The van der Waals surface area contributed by atoms with Crippen molar-refractivity contribution in [2.75, 3.05) is 13.1 Å². The summed E-state index contributed by atoms with van der Waals surface area (Å²) in [6, 6.07) is 2.17. The van der Waals surface area contributed by atoms with E-state index in [0.29, 0.717) is 13.0 Å². The lowest BCUT2D eigenvalue weighted by molar-refractivity contribution is -0.153. The van der Waals surface area contributed by atoms with Gasteiger partial charge in [-0.3, -0.25) is 0 Å². The molecule has 96 valence electrons. The molecule has 0 aromatic carbocycles. The van der Waals surface area contributed by atoms with Crippen LogP contribution >= 0.6 is 0 Å². The van der Waals surface area contributed by atoms with Crippen LogP contribution in [0.25, 0.3) is 0 Å². The Morgan fingerprint density at radius 2 is 2.18 bits per heavy atom. The van der Waals surface area contributed by atoms with Gasteiger partial charge in [-0.25, -0.2) is 0 Å². The van der Waals surface area contributed by atoms with E-state index in [9.17, 15) is 18.3 Å². The zero-order valence-electron chi connectivity index (χ0n) is 9.18. The van der Waals surface area contributed by atoms with Gasteiger partial charge in [0.2, 0.25) is 5.76 Å². The highest BCUT2D eigenvalue weighted by Gasteiger charge is 2.36. The maximum absolute atomic E-state index is 12.3. The highest BCUT2D eigenvalue weighted by Crippen LogP contribution is 2.32. The summed E-state index contributed by atoms with van der Waals surface area (Å²) in [6.07, 6.45) is -2.98. The second-order valence-corrected chi connectivity index (χ2v) is 4.45. The molecule has 1 aromatic heterocycles. The van der Waals surface area contributed by atoms with Gasteiger partial charge in [0.15, 0.2) is 0 Å². The van der Waals surface area contributed by atoms with Crippen molar-refractivity contribution in [2.24, 2.45) is 0 Å². The smallest absolute Gasteiger partial charge is 0.449 e. The number of rotatable bonds is 2. The maximum Gasteiger partial charge on any atom is 0.449 e. The SMILES string of the molecule is OC1(Cc2ccc(C(F)(F)F)o2)CCCNC1. The lowest BCUT2D eigenvalue weighted by Crippen LogP contribution is -2.47. The minimum absolute atomic E-state index is 0.107. The molecule has 2 rings (SSSR count). The largest absolute Gasteiger partial charge is 0.456 e. The molecule has 1 aliphatic rings. The molecule has 0 amide bonds. The summed E-state index contributed by atoms with van der Waals surface area (Å²) in [7, 11) is 0. The number of aliphatic hydroxyl groups is 1. The molecule has 1 aromatic rings. The van der Waals surface area contributed by atoms with Crippen molar-refractivity contribution in [1.29, 1.82) is 0 Å². The number of alkyl halides is 3. The molecule has 1 unspecified atom stereocenters. The van der Waals surface area contributed by atoms with E-state index in [1.165, 1.54) is 6.07 Å². The highest BCUT2D eigenvalue weighted by molar-refractivity contribution is 5.12. The van der Waals surface area contributed by atoms with Crippen LogP contribution in [0.3, 0.4) is 0 Å². The third-order valence-electron chi connectivity index (χ3n) is 2.89. The second kappa shape index (κ2) is 4.34. The standard InChI is InChI=1S/C11H14F3NO2/c12-11(13,14)9-3-2-8(17-9)6-10(16)4-1-5-15-7-10/h2-3,15-16H,1,4-7H2. The van der Waals surface area contributed by atoms with Gasteiger partial charge in [0.1, 0.15) is 5.76 Å². The molecule has 0 saturated carbocycles. The lowest BCUT2D eigenvalue weighted by Gasteiger charge is -2.31. The van der Waals surface area contributed by atoms with Crippen LogP contribution in [0.1, 0.15) is 24.4 Å². The molecular weight excluding hydrogens is 235 g/mol. The Balaban J connectivity index is 2.06. The van der Waals surface area contributed by atoms with Gasteiger partial charge in [0.05, 0.1) is 5.60 Å². The summed E-state index contributed by atoms with van der Waals surface area (Å²) in [5.41, 5.74) is -1.00. The predicted molar refractivity (Wildman–Crippen MR) is 54.5 cm³/mol. The molecule has 6 heteroatoms. The Morgan fingerprint density at radius 1 is 1.41 bits per heavy atom. The Labute approximate surface area is 96.6 Å². The number of hydrogen-bond donors (Lipinski definition) is 2. The summed E-state index contributed by atoms with van der Waals surface area (Å²) in [6.45, 7) is 1.21. The van der Waals surface area contributed by atoms with Gasteiger partial charge in [-0.1, -0.05) is 0 Å². The molecule has 1 saturated heterocycles. The van der Waals surface area contributed by atoms with Crippen molar-refractivity contribution in [1.82, 2.24) is 5.32 Å². The van der Waals surface area contributed by atoms with Crippen LogP contribution in [0, 0.1) is 0 Å². The van der Waals surface area contributed by atoms with Crippen molar-refractivity contribution in [3.05, 3.63) is 23.7 Å². The zero-order valence-corrected chi connectivity index (χ0v) is 9.18. The molecule has 17 heavy (non-hydrogen) atoms. The van der Waals surface area contributed by atoms with Crippen LogP contribution < -0.4 is 5.32 Å². The Bertz CT molecular complexity index is 380. The summed E-state index contributed by atoms with van der Waals surface area (Å²) in [4.78, 5) is 0. The summed E-state index contributed by atoms with van der Waals surface area (Å²) in [5.74, 6) is -0.844. The third kappa shape index (κ3) is 3.01. The normalized spacial score (nSPS) is 26.1. The lowest BCUT2D eigenvalue weighted by atomic mass is 9.90. The van der Waals surface area contributed by atoms with E-state index in [0.717, 1.165) is 19.0 Å². The first-order valence-corrected chi connectivity index (χ1v) is 5.48. The van der Waals surface area contributed by atoms with Crippen LogP contribution in [0.15, 0.2) is 16.5 Å². The first-order chi connectivity index (χ1) is 7.89. The number of halogens is 3. The highest BCUT2D eigenvalue weighted by atomic mass is 19.4. The molecule has 1 aliphatic heterocycles. The number of nitrogens with one attached hydrogen (secondary N) is 1. The fraction of sp³-hybridized carbons (Fsp3) is 0.636. The van der Waals surface area contributed by atoms with Crippen LogP contribution in [-0.4, -0.2) is 23.8 Å². The molecule has 1 fully saturated rings. The molecule has 0 spiro atoms.